The van der Waals surface area contributed by atoms with Gasteiger partial charge in [-0.15, -0.1) is 0 Å². The Morgan fingerprint density at radius 2 is 0.740 bits per heavy atom. The van der Waals surface area contributed by atoms with Gasteiger partial charge in [-0.2, -0.15) is 0 Å². The minimum absolute atomic E-state index is 0.0802. The quantitative estimate of drug-likeness (QED) is 0.104. The summed E-state index contributed by atoms with van der Waals surface area (Å²) < 4.78 is 42.3. The Morgan fingerprint density at radius 1 is 0.420 bits per heavy atom. The largest absolute Gasteiger partial charge is 0.375 e. The fraction of sp³-hybridized carbons (Fsp3) is 1.00. The zero-order valence-corrected chi connectivity index (χ0v) is 32.0. The van der Waals surface area contributed by atoms with E-state index >= 15 is 0 Å². The summed E-state index contributed by atoms with van der Waals surface area (Å²) in [6.45, 7) is 7.92. The summed E-state index contributed by atoms with van der Waals surface area (Å²) in [5.74, 6) is 4.40. The highest BCUT2D eigenvalue weighted by Gasteiger charge is 2.33. The third-order valence-corrected chi connectivity index (χ3v) is 14.0. The maximum absolute atomic E-state index is 6.66. The molecular formula is C43H74O7. The summed E-state index contributed by atoms with van der Waals surface area (Å²) in [7, 11) is 0. The van der Waals surface area contributed by atoms with Gasteiger partial charge in [0.2, 0.25) is 0 Å². The molecule has 7 rings (SSSR count). The fourth-order valence-electron chi connectivity index (χ4n) is 10.8. The Morgan fingerprint density at radius 3 is 1.10 bits per heavy atom. The Labute approximate surface area is 305 Å². The van der Waals surface area contributed by atoms with Crippen molar-refractivity contribution in [3.8, 4) is 0 Å². The van der Waals surface area contributed by atoms with E-state index in [4.69, 9.17) is 33.2 Å². The number of rotatable bonds is 18. The molecule has 7 aliphatic rings. The molecule has 0 aromatic rings. The lowest BCUT2D eigenvalue weighted by atomic mass is 9.76. The molecule has 0 aromatic carbocycles. The van der Waals surface area contributed by atoms with Gasteiger partial charge >= 0.3 is 0 Å². The molecule has 0 bridgehead atoms. The summed E-state index contributed by atoms with van der Waals surface area (Å²) in [5.41, 5.74) is 0. The van der Waals surface area contributed by atoms with Gasteiger partial charge in [-0.3, -0.25) is 0 Å². The highest BCUT2D eigenvalue weighted by molar-refractivity contribution is 4.83. The molecule has 0 amide bonds. The van der Waals surface area contributed by atoms with Gasteiger partial charge < -0.3 is 33.2 Å². The van der Waals surface area contributed by atoms with Crippen LogP contribution in [0.3, 0.4) is 0 Å². The van der Waals surface area contributed by atoms with E-state index in [0.717, 1.165) is 56.0 Å². The molecule has 0 spiro atoms. The van der Waals surface area contributed by atoms with Crippen molar-refractivity contribution in [2.24, 2.45) is 29.6 Å². The first-order chi connectivity index (χ1) is 24.5. The zero-order chi connectivity index (χ0) is 34.1. The van der Waals surface area contributed by atoms with E-state index in [9.17, 15) is 0 Å². The summed E-state index contributed by atoms with van der Waals surface area (Å²) in [6.07, 6.45) is 33.0. The lowest BCUT2D eigenvalue weighted by Crippen LogP contribution is -2.32. The van der Waals surface area contributed by atoms with Crippen molar-refractivity contribution < 1.29 is 33.2 Å². The maximum Gasteiger partial charge on any atom is 0.155 e. The van der Waals surface area contributed by atoms with Crippen LogP contribution in [0, 0.1) is 29.6 Å². The van der Waals surface area contributed by atoms with Gasteiger partial charge in [-0.25, -0.2) is 0 Å². The number of epoxide rings is 2. The summed E-state index contributed by atoms with van der Waals surface area (Å²) in [5, 5.41) is 0. The standard InChI is InChI=1S/C43H74O7/c1-30(48-39-17-9-35(10-18-39)24-33-3-13-37(14-4-33)44-26-42-28-46-42)23-32-7-19-40(20-8-32)49-31(2)50-41-21-11-36(12-22-41)25-34-5-15-38(16-6-34)45-27-43-29-47-43/h30-43H,3-29H2,1-2H3. The van der Waals surface area contributed by atoms with Crippen molar-refractivity contribution in [2.75, 3.05) is 26.4 Å². The van der Waals surface area contributed by atoms with E-state index in [1.54, 1.807) is 0 Å². The van der Waals surface area contributed by atoms with Crippen LogP contribution in [0.1, 0.15) is 162 Å². The fourth-order valence-corrected chi connectivity index (χ4v) is 10.8. The first-order valence-electron chi connectivity index (χ1n) is 21.9. The van der Waals surface area contributed by atoms with Gasteiger partial charge in [0.05, 0.1) is 63.1 Å². The van der Waals surface area contributed by atoms with Crippen LogP contribution in [0.2, 0.25) is 0 Å². The second-order valence-corrected chi connectivity index (χ2v) is 18.3. The van der Waals surface area contributed by atoms with E-state index in [1.165, 1.54) is 148 Å². The Bertz CT molecular complexity index is 855. The van der Waals surface area contributed by atoms with Crippen molar-refractivity contribution >= 4 is 0 Å². The summed E-state index contributed by atoms with van der Waals surface area (Å²) in [6, 6.07) is 0. The first-order valence-corrected chi connectivity index (χ1v) is 21.9. The van der Waals surface area contributed by atoms with Crippen molar-refractivity contribution in [3.63, 3.8) is 0 Å². The molecule has 0 aromatic heterocycles. The van der Waals surface area contributed by atoms with Crippen molar-refractivity contribution in [2.45, 2.75) is 217 Å². The van der Waals surface area contributed by atoms with Crippen LogP contribution in [-0.2, 0) is 33.2 Å². The van der Waals surface area contributed by atoms with E-state index in [1.807, 2.05) is 0 Å². The number of hydrogen-bond donors (Lipinski definition) is 0. The van der Waals surface area contributed by atoms with Crippen LogP contribution in [0.15, 0.2) is 0 Å². The number of ether oxygens (including phenoxy) is 7. The van der Waals surface area contributed by atoms with Crippen LogP contribution in [0.25, 0.3) is 0 Å². The molecule has 7 heteroatoms. The molecule has 4 atom stereocenters. The molecule has 288 valence electrons. The molecule has 4 unspecified atom stereocenters. The van der Waals surface area contributed by atoms with Crippen LogP contribution in [0.4, 0.5) is 0 Å². The monoisotopic (exact) mass is 703 g/mol. The second kappa shape index (κ2) is 19.4. The average Bonchev–Trinajstić information content (AvgIpc) is 4.07. The molecule has 5 aliphatic carbocycles. The third-order valence-electron chi connectivity index (χ3n) is 14.0. The van der Waals surface area contributed by atoms with Gasteiger partial charge in [0.25, 0.3) is 0 Å². The van der Waals surface area contributed by atoms with Gasteiger partial charge in [-0.1, -0.05) is 0 Å². The summed E-state index contributed by atoms with van der Waals surface area (Å²) >= 11 is 0. The van der Waals surface area contributed by atoms with E-state index in [2.05, 4.69) is 13.8 Å². The molecule has 2 saturated heterocycles. The van der Waals surface area contributed by atoms with E-state index in [0.29, 0.717) is 48.8 Å². The maximum atomic E-state index is 6.66. The smallest absolute Gasteiger partial charge is 0.155 e. The Hall–Kier alpha value is -0.280. The Balaban J connectivity index is 0.686. The highest BCUT2D eigenvalue weighted by atomic mass is 16.7. The lowest BCUT2D eigenvalue weighted by molar-refractivity contribution is -0.197. The molecule has 2 heterocycles. The first kappa shape index (κ1) is 38.0. The highest BCUT2D eigenvalue weighted by Crippen LogP contribution is 2.39. The molecule has 0 N–H and O–H groups in total. The van der Waals surface area contributed by atoms with Gasteiger partial charge in [0.1, 0.15) is 12.2 Å². The van der Waals surface area contributed by atoms with Gasteiger partial charge in [0.15, 0.2) is 6.29 Å². The van der Waals surface area contributed by atoms with Crippen LogP contribution >= 0.6 is 0 Å². The third kappa shape index (κ3) is 12.9. The van der Waals surface area contributed by atoms with Crippen LogP contribution in [-0.4, -0.2) is 81.5 Å². The molecule has 0 radical (unpaired) electrons. The van der Waals surface area contributed by atoms with Crippen LogP contribution < -0.4 is 0 Å². The zero-order valence-electron chi connectivity index (χ0n) is 32.0. The number of hydrogen-bond acceptors (Lipinski definition) is 7. The molecule has 2 aliphatic heterocycles. The predicted octanol–water partition coefficient (Wildman–Crippen LogP) is 9.57. The van der Waals surface area contributed by atoms with Crippen LogP contribution in [0.5, 0.6) is 0 Å². The predicted molar refractivity (Wildman–Crippen MR) is 196 cm³/mol. The normalized spacial score (nSPS) is 42.1. The molecule has 7 fully saturated rings. The molecule has 50 heavy (non-hydrogen) atoms. The summed E-state index contributed by atoms with van der Waals surface area (Å²) in [4.78, 5) is 0. The van der Waals surface area contributed by atoms with Gasteiger partial charge in [-0.05, 0) is 191 Å². The SMILES string of the molecule is CC(CC1CCC(OC(C)OC2CCC(CC3CCC(OCC4CO4)CC3)CC2)CC1)OC1CCC(CC2CCC(OCC3CO3)CC2)CC1. The topological polar surface area (TPSA) is 71.2 Å². The van der Waals surface area contributed by atoms with Crippen molar-refractivity contribution in [1.29, 1.82) is 0 Å². The molecular weight excluding hydrogens is 628 g/mol. The minimum Gasteiger partial charge on any atom is -0.375 e. The lowest BCUT2D eigenvalue weighted by Gasteiger charge is -2.36. The minimum atomic E-state index is -0.0802. The molecule has 7 nitrogen and oxygen atoms in total. The second-order valence-electron chi connectivity index (χ2n) is 18.3. The molecule has 5 saturated carbocycles. The van der Waals surface area contributed by atoms with E-state index in [-0.39, 0.29) is 6.29 Å². The Kier molecular flexibility index (Phi) is 14.7. The average molecular weight is 703 g/mol. The van der Waals surface area contributed by atoms with Crippen molar-refractivity contribution in [1.82, 2.24) is 0 Å². The van der Waals surface area contributed by atoms with Crippen molar-refractivity contribution in [3.05, 3.63) is 0 Å². The van der Waals surface area contributed by atoms with Gasteiger partial charge in [0, 0.05) is 0 Å². The van der Waals surface area contributed by atoms with E-state index < -0.39 is 0 Å².